The molecule has 1 rings (SSSR count). The van der Waals surface area contributed by atoms with Gasteiger partial charge in [-0.15, -0.1) is 0 Å². The molecule has 0 fully saturated rings. The molecule has 0 atom stereocenters. The Balaban J connectivity index is 2.83. The van der Waals surface area contributed by atoms with Crippen LogP contribution in [0.5, 0.6) is 0 Å². The number of nitrogens with one attached hydrogen (secondary N) is 1. The number of nitrogens with zero attached hydrogens (tertiary/aromatic N) is 2. The molecule has 1 N–H and O–H groups in total. The van der Waals surface area contributed by atoms with Crippen LogP contribution in [0.2, 0.25) is 0 Å². The summed E-state index contributed by atoms with van der Waals surface area (Å²) in [6, 6.07) is 0. The van der Waals surface area contributed by atoms with E-state index < -0.39 is 24.5 Å². The number of hydrogen-bond donors (Lipinski definition) is 1. The molecule has 0 saturated carbocycles. The van der Waals surface area contributed by atoms with Crippen LogP contribution in [0.3, 0.4) is 0 Å². The topological polar surface area (TPSA) is 46.9 Å². The molecule has 1 aromatic heterocycles. The molecule has 19 heavy (non-hydrogen) atoms. The molecule has 0 amide bonds. The lowest BCUT2D eigenvalue weighted by atomic mass is 10.2. The second-order valence-electron chi connectivity index (χ2n) is 4.54. The first-order valence-electron chi connectivity index (χ1n) is 5.69. The smallest absolute Gasteiger partial charge is 0.324 e. The maximum atomic E-state index is 12.7. The van der Waals surface area contributed by atoms with Crippen molar-refractivity contribution in [1.82, 2.24) is 9.55 Å². The summed E-state index contributed by atoms with van der Waals surface area (Å²) >= 11 is 0. The Hall–Kier alpha value is -1.60. The van der Waals surface area contributed by atoms with E-state index in [1.54, 1.807) is 0 Å². The van der Waals surface area contributed by atoms with E-state index in [4.69, 9.17) is 0 Å². The molecule has 0 saturated heterocycles. The third kappa shape index (κ3) is 4.22. The average Bonchev–Trinajstić information content (AvgIpc) is 2.29. The fourth-order valence-electron chi connectivity index (χ4n) is 1.38. The predicted molar refractivity (Wildman–Crippen MR) is 62.8 cm³/mol. The lowest BCUT2D eigenvalue weighted by molar-refractivity contribution is -0.117. The molecule has 0 bridgehead atoms. The summed E-state index contributed by atoms with van der Waals surface area (Å²) in [5.74, 6) is -4.38. The largest absolute Gasteiger partial charge is 0.359 e. The highest BCUT2D eigenvalue weighted by Gasteiger charge is 2.40. The third-order valence-electron chi connectivity index (χ3n) is 2.29. The first-order chi connectivity index (χ1) is 8.74. The highest BCUT2D eigenvalue weighted by molar-refractivity contribution is 5.31. The van der Waals surface area contributed by atoms with Gasteiger partial charge in [0, 0.05) is 18.9 Å². The Labute approximate surface area is 107 Å². The molecule has 0 aromatic carbocycles. The minimum Gasteiger partial charge on any atom is -0.359 e. The Morgan fingerprint density at radius 2 is 2.05 bits per heavy atom. The summed E-state index contributed by atoms with van der Waals surface area (Å²) in [7, 11) is 0. The Morgan fingerprint density at radius 1 is 1.42 bits per heavy atom. The standard InChI is InChI=1S/C11H15F4N3O/c1-7(2)5-18-4-3-16-8(9(18)19)17-6-11(14,15)10(12)13/h3-4,7,10H,5-6H2,1-2H3,(H,16,17). The zero-order chi connectivity index (χ0) is 14.6. The van der Waals surface area contributed by atoms with E-state index in [0.717, 1.165) is 0 Å². The second-order valence-corrected chi connectivity index (χ2v) is 4.54. The van der Waals surface area contributed by atoms with Crippen molar-refractivity contribution in [3.63, 3.8) is 0 Å². The lowest BCUT2D eigenvalue weighted by Crippen LogP contribution is -2.37. The van der Waals surface area contributed by atoms with Crippen molar-refractivity contribution >= 4 is 5.82 Å². The van der Waals surface area contributed by atoms with Gasteiger partial charge in [-0.2, -0.15) is 8.78 Å². The molecule has 108 valence electrons. The van der Waals surface area contributed by atoms with Crippen LogP contribution in [0.4, 0.5) is 23.4 Å². The Morgan fingerprint density at radius 3 is 2.58 bits per heavy atom. The van der Waals surface area contributed by atoms with Crippen molar-refractivity contribution in [3.8, 4) is 0 Å². The number of rotatable bonds is 6. The van der Waals surface area contributed by atoms with Crippen LogP contribution in [0.1, 0.15) is 13.8 Å². The minimum atomic E-state index is -4.20. The minimum absolute atomic E-state index is 0.176. The van der Waals surface area contributed by atoms with Gasteiger partial charge in [-0.25, -0.2) is 13.8 Å². The van der Waals surface area contributed by atoms with Crippen molar-refractivity contribution in [2.75, 3.05) is 11.9 Å². The predicted octanol–water partition coefficient (Wildman–Crippen LogP) is 2.21. The van der Waals surface area contributed by atoms with Gasteiger partial charge in [-0.1, -0.05) is 13.8 Å². The zero-order valence-corrected chi connectivity index (χ0v) is 10.5. The molecule has 0 aliphatic heterocycles. The van der Waals surface area contributed by atoms with Gasteiger partial charge in [-0.05, 0) is 5.92 Å². The Bertz CT molecular complexity index is 473. The van der Waals surface area contributed by atoms with Crippen molar-refractivity contribution in [2.45, 2.75) is 32.7 Å². The van der Waals surface area contributed by atoms with Gasteiger partial charge in [0.15, 0.2) is 5.82 Å². The van der Waals surface area contributed by atoms with Crippen LogP contribution in [-0.2, 0) is 6.54 Å². The number of aromatic nitrogens is 2. The number of hydrogen-bond acceptors (Lipinski definition) is 3. The average molecular weight is 281 g/mol. The summed E-state index contributed by atoms with van der Waals surface area (Å²) in [5, 5.41) is 1.97. The molecule has 4 nitrogen and oxygen atoms in total. The molecule has 1 aromatic rings. The maximum absolute atomic E-state index is 12.7. The first kappa shape index (κ1) is 15.5. The number of alkyl halides is 4. The summed E-state index contributed by atoms with van der Waals surface area (Å²) in [6.45, 7) is 2.82. The van der Waals surface area contributed by atoms with E-state index in [-0.39, 0.29) is 11.7 Å². The van der Waals surface area contributed by atoms with Crippen molar-refractivity contribution in [2.24, 2.45) is 5.92 Å². The van der Waals surface area contributed by atoms with Gasteiger partial charge in [0.25, 0.3) is 5.56 Å². The van der Waals surface area contributed by atoms with E-state index in [1.165, 1.54) is 17.0 Å². The van der Waals surface area contributed by atoms with Gasteiger partial charge >= 0.3 is 12.3 Å². The quantitative estimate of drug-likeness (QED) is 0.813. The van der Waals surface area contributed by atoms with Crippen molar-refractivity contribution in [3.05, 3.63) is 22.7 Å². The molecular weight excluding hydrogens is 266 g/mol. The van der Waals surface area contributed by atoms with Crippen LogP contribution in [0, 0.1) is 5.92 Å². The molecular formula is C11H15F4N3O. The van der Waals surface area contributed by atoms with Gasteiger partial charge in [0.2, 0.25) is 0 Å². The van der Waals surface area contributed by atoms with Gasteiger partial charge < -0.3 is 9.88 Å². The summed E-state index contributed by atoms with van der Waals surface area (Å²) in [6.07, 6.45) is -1.12. The van der Waals surface area contributed by atoms with Gasteiger partial charge in [0.1, 0.15) is 0 Å². The van der Waals surface area contributed by atoms with Crippen molar-refractivity contribution in [1.29, 1.82) is 0 Å². The molecule has 0 radical (unpaired) electrons. The van der Waals surface area contributed by atoms with Crippen LogP contribution >= 0.6 is 0 Å². The van der Waals surface area contributed by atoms with E-state index in [1.807, 2.05) is 19.2 Å². The summed E-state index contributed by atoms with van der Waals surface area (Å²) in [5.41, 5.74) is -0.610. The third-order valence-corrected chi connectivity index (χ3v) is 2.29. The molecule has 1 heterocycles. The second kappa shape index (κ2) is 6.03. The molecule has 8 heteroatoms. The highest BCUT2D eigenvalue weighted by Crippen LogP contribution is 2.22. The molecule has 0 aliphatic rings. The van der Waals surface area contributed by atoms with Crippen LogP contribution in [0.25, 0.3) is 0 Å². The van der Waals surface area contributed by atoms with E-state index in [2.05, 4.69) is 4.98 Å². The molecule has 0 aliphatic carbocycles. The summed E-state index contributed by atoms with van der Waals surface area (Å²) in [4.78, 5) is 15.4. The van der Waals surface area contributed by atoms with Crippen LogP contribution in [-0.4, -0.2) is 28.4 Å². The first-order valence-corrected chi connectivity index (χ1v) is 5.69. The van der Waals surface area contributed by atoms with E-state index >= 15 is 0 Å². The molecule has 0 unspecified atom stereocenters. The van der Waals surface area contributed by atoms with Crippen LogP contribution < -0.4 is 10.9 Å². The fourth-order valence-corrected chi connectivity index (χ4v) is 1.38. The fraction of sp³-hybridized carbons (Fsp3) is 0.636. The van der Waals surface area contributed by atoms with Crippen LogP contribution in [0.15, 0.2) is 17.2 Å². The normalized spacial score (nSPS) is 12.2. The summed E-state index contributed by atoms with van der Waals surface area (Å²) < 4.78 is 50.7. The maximum Gasteiger partial charge on any atom is 0.324 e. The SMILES string of the molecule is CC(C)Cn1ccnc(NCC(F)(F)C(F)F)c1=O. The van der Waals surface area contributed by atoms with Gasteiger partial charge in [-0.3, -0.25) is 4.79 Å². The number of halogens is 4. The van der Waals surface area contributed by atoms with Crippen molar-refractivity contribution < 1.29 is 17.6 Å². The highest BCUT2D eigenvalue weighted by atomic mass is 19.3. The number of anilines is 1. The lowest BCUT2D eigenvalue weighted by Gasteiger charge is -2.16. The van der Waals surface area contributed by atoms with E-state index in [9.17, 15) is 22.4 Å². The van der Waals surface area contributed by atoms with Gasteiger partial charge in [0.05, 0.1) is 6.54 Å². The molecule has 0 spiro atoms. The Kier molecular flexibility index (Phi) is 4.90. The monoisotopic (exact) mass is 281 g/mol. The zero-order valence-electron chi connectivity index (χ0n) is 10.5. The van der Waals surface area contributed by atoms with E-state index in [0.29, 0.717) is 6.54 Å².